The first kappa shape index (κ1) is 13.2. The zero-order valence-electron chi connectivity index (χ0n) is 10.7. The lowest BCUT2D eigenvalue weighted by Gasteiger charge is -2.19. The van der Waals surface area contributed by atoms with Crippen molar-refractivity contribution >= 4 is 0 Å². The quantitative estimate of drug-likeness (QED) is 0.818. The van der Waals surface area contributed by atoms with Crippen molar-refractivity contribution in [2.45, 2.75) is 45.7 Å². The minimum atomic E-state index is 0.155. The molecule has 0 radical (unpaired) electrons. The van der Waals surface area contributed by atoms with Gasteiger partial charge in [-0.15, -0.1) is 0 Å². The van der Waals surface area contributed by atoms with Gasteiger partial charge >= 0.3 is 0 Å². The van der Waals surface area contributed by atoms with E-state index in [-0.39, 0.29) is 18.1 Å². The Balaban J connectivity index is 2.58. The zero-order valence-corrected chi connectivity index (χ0v) is 10.7. The van der Waals surface area contributed by atoms with E-state index in [1.807, 2.05) is 6.92 Å². The maximum absolute atomic E-state index is 8.90. The molecule has 2 heteroatoms. The summed E-state index contributed by atoms with van der Waals surface area (Å²) in [5.41, 5.74) is 2.82. The van der Waals surface area contributed by atoms with Crippen molar-refractivity contribution < 1.29 is 5.11 Å². The molecule has 1 rings (SSSR count). The lowest BCUT2D eigenvalue weighted by Crippen LogP contribution is -2.28. The second-order valence-electron chi connectivity index (χ2n) is 5.41. The van der Waals surface area contributed by atoms with Crippen LogP contribution in [0.15, 0.2) is 24.3 Å². The van der Waals surface area contributed by atoms with Crippen LogP contribution in [0.2, 0.25) is 0 Å². The molecule has 1 atom stereocenters. The Morgan fingerprint density at radius 1 is 1.19 bits per heavy atom. The van der Waals surface area contributed by atoms with Crippen LogP contribution in [0, 0.1) is 0 Å². The molecule has 0 heterocycles. The van der Waals surface area contributed by atoms with Gasteiger partial charge in [-0.1, -0.05) is 45.0 Å². The van der Waals surface area contributed by atoms with Gasteiger partial charge in [0.05, 0.1) is 6.61 Å². The maximum Gasteiger partial charge on any atom is 0.0582 e. The van der Waals surface area contributed by atoms with Gasteiger partial charge < -0.3 is 10.4 Å². The summed E-state index contributed by atoms with van der Waals surface area (Å²) in [6, 6.07) is 8.82. The van der Waals surface area contributed by atoms with Crippen molar-refractivity contribution in [3.05, 3.63) is 35.4 Å². The van der Waals surface area contributed by atoms with Gasteiger partial charge in [0.1, 0.15) is 0 Å². The third-order valence-electron chi connectivity index (χ3n) is 2.75. The Morgan fingerprint density at radius 2 is 1.75 bits per heavy atom. The predicted octanol–water partition coefficient (Wildman–Crippen LogP) is 2.45. The van der Waals surface area contributed by atoms with Gasteiger partial charge in [0, 0.05) is 12.6 Å². The fourth-order valence-corrected chi connectivity index (χ4v) is 1.48. The second-order valence-corrected chi connectivity index (χ2v) is 5.41. The monoisotopic (exact) mass is 221 g/mol. The summed E-state index contributed by atoms with van der Waals surface area (Å²) in [4.78, 5) is 0. The van der Waals surface area contributed by atoms with E-state index in [4.69, 9.17) is 5.11 Å². The summed E-state index contributed by atoms with van der Waals surface area (Å²) in [6.07, 6.45) is 0. The second kappa shape index (κ2) is 5.46. The molecule has 1 aromatic carbocycles. The van der Waals surface area contributed by atoms with Gasteiger partial charge in [-0.25, -0.2) is 0 Å². The summed E-state index contributed by atoms with van der Waals surface area (Å²) in [7, 11) is 0. The number of hydrogen-bond acceptors (Lipinski definition) is 2. The standard InChI is InChI=1S/C14H23NO/c1-11(10-16)15-9-12-5-7-13(8-6-12)14(2,3)4/h5-8,11,15-16H,9-10H2,1-4H3/t11-/m1/s1. The first-order valence-corrected chi connectivity index (χ1v) is 5.87. The summed E-state index contributed by atoms with van der Waals surface area (Å²) in [5.74, 6) is 0. The summed E-state index contributed by atoms with van der Waals surface area (Å²) < 4.78 is 0. The molecular formula is C14H23NO. The van der Waals surface area contributed by atoms with Crippen LogP contribution in [-0.2, 0) is 12.0 Å². The van der Waals surface area contributed by atoms with Crippen molar-refractivity contribution in [1.29, 1.82) is 0 Å². The van der Waals surface area contributed by atoms with Gasteiger partial charge in [0.15, 0.2) is 0 Å². The van der Waals surface area contributed by atoms with Gasteiger partial charge in [-0.3, -0.25) is 0 Å². The molecule has 0 fully saturated rings. The Labute approximate surface area is 98.7 Å². The largest absolute Gasteiger partial charge is 0.395 e. The fourth-order valence-electron chi connectivity index (χ4n) is 1.48. The van der Waals surface area contributed by atoms with Crippen LogP contribution in [0.4, 0.5) is 0 Å². The first-order chi connectivity index (χ1) is 7.43. The van der Waals surface area contributed by atoms with E-state index >= 15 is 0 Å². The van der Waals surface area contributed by atoms with Gasteiger partial charge in [-0.05, 0) is 23.5 Å². The Hall–Kier alpha value is -0.860. The lowest BCUT2D eigenvalue weighted by atomic mass is 9.87. The SMILES string of the molecule is C[C@H](CO)NCc1ccc(C(C)(C)C)cc1. The van der Waals surface area contributed by atoms with Crippen LogP contribution in [0.3, 0.4) is 0 Å². The van der Waals surface area contributed by atoms with E-state index in [2.05, 4.69) is 50.4 Å². The van der Waals surface area contributed by atoms with Crippen LogP contribution < -0.4 is 5.32 Å². The summed E-state index contributed by atoms with van der Waals surface area (Å²) >= 11 is 0. The van der Waals surface area contributed by atoms with Gasteiger partial charge in [0.25, 0.3) is 0 Å². The van der Waals surface area contributed by atoms with Gasteiger partial charge in [-0.2, -0.15) is 0 Å². The molecule has 90 valence electrons. The first-order valence-electron chi connectivity index (χ1n) is 5.87. The van der Waals surface area contributed by atoms with Crippen LogP contribution in [0.1, 0.15) is 38.8 Å². The Morgan fingerprint density at radius 3 is 2.19 bits per heavy atom. The highest BCUT2D eigenvalue weighted by Crippen LogP contribution is 2.22. The molecular weight excluding hydrogens is 198 g/mol. The highest BCUT2D eigenvalue weighted by atomic mass is 16.3. The highest BCUT2D eigenvalue weighted by Gasteiger charge is 2.12. The number of aliphatic hydroxyl groups is 1. The predicted molar refractivity (Wildman–Crippen MR) is 68.5 cm³/mol. The normalized spacial score (nSPS) is 13.8. The van der Waals surface area contributed by atoms with Crippen molar-refractivity contribution in [3.63, 3.8) is 0 Å². The van der Waals surface area contributed by atoms with Crippen LogP contribution >= 0.6 is 0 Å². The number of aliphatic hydroxyl groups excluding tert-OH is 1. The smallest absolute Gasteiger partial charge is 0.0582 e. The number of benzene rings is 1. The minimum Gasteiger partial charge on any atom is -0.395 e. The fraction of sp³-hybridized carbons (Fsp3) is 0.571. The number of hydrogen-bond donors (Lipinski definition) is 2. The molecule has 0 bridgehead atoms. The van der Waals surface area contributed by atoms with E-state index in [0.717, 1.165) is 6.54 Å². The topological polar surface area (TPSA) is 32.3 Å². The minimum absolute atomic E-state index is 0.155. The molecule has 0 spiro atoms. The molecule has 0 saturated carbocycles. The van der Waals surface area contributed by atoms with E-state index in [1.165, 1.54) is 11.1 Å². The summed E-state index contributed by atoms with van der Waals surface area (Å²) in [5, 5.41) is 12.2. The van der Waals surface area contributed by atoms with Crippen molar-refractivity contribution in [1.82, 2.24) is 5.32 Å². The van der Waals surface area contributed by atoms with Crippen LogP contribution in [-0.4, -0.2) is 17.8 Å². The Bertz CT molecular complexity index is 311. The van der Waals surface area contributed by atoms with Crippen LogP contribution in [0.25, 0.3) is 0 Å². The molecule has 0 unspecified atom stereocenters. The van der Waals surface area contributed by atoms with Crippen molar-refractivity contribution in [2.24, 2.45) is 0 Å². The molecule has 0 aliphatic carbocycles. The van der Waals surface area contributed by atoms with E-state index < -0.39 is 0 Å². The third kappa shape index (κ3) is 3.95. The van der Waals surface area contributed by atoms with E-state index in [9.17, 15) is 0 Å². The lowest BCUT2D eigenvalue weighted by molar-refractivity contribution is 0.251. The van der Waals surface area contributed by atoms with E-state index in [0.29, 0.717) is 0 Å². The molecule has 0 saturated heterocycles. The molecule has 1 aromatic rings. The molecule has 0 aliphatic heterocycles. The molecule has 16 heavy (non-hydrogen) atoms. The average Bonchev–Trinajstić information content (AvgIpc) is 2.25. The average molecular weight is 221 g/mol. The van der Waals surface area contributed by atoms with Crippen molar-refractivity contribution in [2.75, 3.05) is 6.61 Å². The molecule has 2 N–H and O–H groups in total. The third-order valence-corrected chi connectivity index (χ3v) is 2.75. The maximum atomic E-state index is 8.90. The number of nitrogens with one attached hydrogen (secondary N) is 1. The van der Waals surface area contributed by atoms with E-state index in [1.54, 1.807) is 0 Å². The molecule has 0 aromatic heterocycles. The molecule has 2 nitrogen and oxygen atoms in total. The Kier molecular flexibility index (Phi) is 4.51. The number of rotatable bonds is 4. The van der Waals surface area contributed by atoms with Crippen LogP contribution in [0.5, 0.6) is 0 Å². The zero-order chi connectivity index (χ0) is 12.2. The van der Waals surface area contributed by atoms with Gasteiger partial charge in [0.2, 0.25) is 0 Å². The molecule has 0 aliphatic rings. The highest BCUT2D eigenvalue weighted by molar-refractivity contribution is 5.27. The summed E-state index contributed by atoms with van der Waals surface area (Å²) in [6.45, 7) is 9.62. The molecule has 0 amide bonds. The van der Waals surface area contributed by atoms with Crippen molar-refractivity contribution in [3.8, 4) is 0 Å².